The van der Waals surface area contributed by atoms with Crippen molar-refractivity contribution in [3.8, 4) is 11.3 Å². The standard InChI is InChI=1S/C21H20ClIN2O/c1-3-14(2)25(13-23)21(26)19-12-15-8-4-5-9-16(15)20(24-19)17-10-6-7-11-18(17)22/h4-12,14H,3,13H2,1-2H3. The van der Waals surface area contributed by atoms with E-state index in [4.69, 9.17) is 16.6 Å². The Morgan fingerprint density at radius 3 is 2.58 bits per heavy atom. The minimum Gasteiger partial charge on any atom is -0.325 e. The molecule has 0 aliphatic rings. The molecular weight excluding hydrogens is 459 g/mol. The summed E-state index contributed by atoms with van der Waals surface area (Å²) in [5.41, 5.74) is 2.04. The van der Waals surface area contributed by atoms with Crippen LogP contribution in [0.1, 0.15) is 30.8 Å². The zero-order valence-corrected chi connectivity index (χ0v) is 17.7. The zero-order chi connectivity index (χ0) is 18.7. The molecule has 0 aliphatic heterocycles. The summed E-state index contributed by atoms with van der Waals surface area (Å²) in [5.74, 6) is -0.0483. The van der Waals surface area contributed by atoms with E-state index in [2.05, 4.69) is 36.4 Å². The van der Waals surface area contributed by atoms with Gasteiger partial charge in [0.2, 0.25) is 0 Å². The van der Waals surface area contributed by atoms with Crippen LogP contribution in [0.15, 0.2) is 54.6 Å². The van der Waals surface area contributed by atoms with Gasteiger partial charge < -0.3 is 4.90 Å². The van der Waals surface area contributed by atoms with Gasteiger partial charge in [-0.15, -0.1) is 0 Å². The average Bonchev–Trinajstić information content (AvgIpc) is 2.67. The Bertz CT molecular complexity index is 944. The van der Waals surface area contributed by atoms with Crippen molar-refractivity contribution in [1.82, 2.24) is 9.88 Å². The topological polar surface area (TPSA) is 33.2 Å². The molecular formula is C21H20ClIN2O. The predicted octanol–water partition coefficient (Wildman–Crippen LogP) is 6.19. The summed E-state index contributed by atoms with van der Waals surface area (Å²) in [6.45, 7) is 4.15. The SMILES string of the molecule is CCC(C)N(CI)C(=O)c1cc2ccccc2c(-c2ccccc2Cl)n1. The Labute approximate surface area is 172 Å². The number of aromatic nitrogens is 1. The van der Waals surface area contributed by atoms with Crippen LogP contribution in [0.25, 0.3) is 22.0 Å². The van der Waals surface area contributed by atoms with Gasteiger partial charge in [-0.05, 0) is 30.9 Å². The highest BCUT2D eigenvalue weighted by molar-refractivity contribution is 14.1. The van der Waals surface area contributed by atoms with Crippen molar-refractivity contribution in [2.75, 3.05) is 4.55 Å². The first-order chi connectivity index (χ1) is 12.6. The molecule has 26 heavy (non-hydrogen) atoms. The normalized spacial score (nSPS) is 12.2. The molecule has 0 spiro atoms. The number of carbonyl (C=O) groups excluding carboxylic acids is 1. The summed E-state index contributed by atoms with van der Waals surface area (Å²) in [4.78, 5) is 19.7. The fourth-order valence-corrected chi connectivity index (χ4v) is 4.11. The average molecular weight is 479 g/mol. The van der Waals surface area contributed by atoms with E-state index >= 15 is 0 Å². The van der Waals surface area contributed by atoms with Crippen molar-refractivity contribution in [2.24, 2.45) is 0 Å². The molecule has 3 rings (SSSR count). The molecule has 1 atom stereocenters. The Morgan fingerprint density at radius 1 is 1.19 bits per heavy atom. The second-order valence-electron chi connectivity index (χ2n) is 6.21. The molecule has 1 heterocycles. The van der Waals surface area contributed by atoms with Crippen LogP contribution in [0, 0.1) is 0 Å². The second kappa shape index (κ2) is 8.35. The van der Waals surface area contributed by atoms with Gasteiger partial charge >= 0.3 is 0 Å². The second-order valence-corrected chi connectivity index (χ2v) is 7.30. The highest BCUT2D eigenvalue weighted by Crippen LogP contribution is 2.32. The maximum Gasteiger partial charge on any atom is 0.273 e. The number of halogens is 2. The van der Waals surface area contributed by atoms with E-state index < -0.39 is 0 Å². The van der Waals surface area contributed by atoms with Crippen LogP contribution < -0.4 is 0 Å². The summed E-state index contributed by atoms with van der Waals surface area (Å²) in [6, 6.07) is 17.6. The molecule has 0 saturated heterocycles. The molecule has 0 fully saturated rings. The fraction of sp³-hybridized carbons (Fsp3) is 0.238. The van der Waals surface area contributed by atoms with Crippen LogP contribution >= 0.6 is 34.2 Å². The Morgan fingerprint density at radius 2 is 1.88 bits per heavy atom. The van der Waals surface area contributed by atoms with Gasteiger partial charge in [0.25, 0.3) is 5.91 Å². The highest BCUT2D eigenvalue weighted by atomic mass is 127. The number of rotatable bonds is 5. The van der Waals surface area contributed by atoms with E-state index in [1.165, 1.54) is 0 Å². The van der Waals surface area contributed by atoms with Crippen molar-refractivity contribution >= 4 is 50.9 Å². The molecule has 134 valence electrons. The van der Waals surface area contributed by atoms with Crippen LogP contribution in [0.4, 0.5) is 0 Å². The van der Waals surface area contributed by atoms with E-state index in [9.17, 15) is 4.79 Å². The van der Waals surface area contributed by atoms with Crippen LogP contribution in [0.2, 0.25) is 5.02 Å². The Balaban J connectivity index is 2.20. The van der Waals surface area contributed by atoms with Crippen LogP contribution in [-0.4, -0.2) is 26.4 Å². The van der Waals surface area contributed by atoms with E-state index in [0.717, 1.165) is 28.5 Å². The summed E-state index contributed by atoms with van der Waals surface area (Å²) in [6.07, 6.45) is 0.902. The molecule has 1 aromatic heterocycles. The first-order valence-electron chi connectivity index (χ1n) is 8.58. The quantitative estimate of drug-likeness (QED) is 0.249. The van der Waals surface area contributed by atoms with E-state index in [0.29, 0.717) is 15.3 Å². The minimum absolute atomic E-state index is 0.0483. The first-order valence-corrected chi connectivity index (χ1v) is 10.5. The maximum absolute atomic E-state index is 13.1. The molecule has 3 nitrogen and oxygen atoms in total. The molecule has 1 unspecified atom stereocenters. The Hall–Kier alpha value is -1.66. The number of amides is 1. The molecule has 3 aromatic rings. The molecule has 0 bridgehead atoms. The number of hydrogen-bond acceptors (Lipinski definition) is 2. The van der Waals surface area contributed by atoms with Gasteiger partial charge in [0, 0.05) is 22.0 Å². The molecule has 0 saturated carbocycles. The first kappa shape index (κ1) is 19.1. The number of hydrogen-bond donors (Lipinski definition) is 0. The molecule has 0 N–H and O–H groups in total. The summed E-state index contributed by atoms with van der Waals surface area (Å²) < 4.78 is 0.627. The minimum atomic E-state index is -0.0483. The third kappa shape index (κ3) is 3.71. The molecule has 2 aromatic carbocycles. The van der Waals surface area contributed by atoms with Crippen molar-refractivity contribution in [2.45, 2.75) is 26.3 Å². The molecule has 0 aliphatic carbocycles. The van der Waals surface area contributed by atoms with Gasteiger partial charge in [0.05, 0.1) is 10.2 Å². The predicted molar refractivity (Wildman–Crippen MR) is 117 cm³/mol. The monoisotopic (exact) mass is 478 g/mol. The number of carbonyl (C=O) groups is 1. The highest BCUT2D eigenvalue weighted by Gasteiger charge is 2.22. The van der Waals surface area contributed by atoms with E-state index in [1.807, 2.05) is 59.5 Å². The number of benzene rings is 2. The van der Waals surface area contributed by atoms with Gasteiger partial charge in [0.1, 0.15) is 5.69 Å². The lowest BCUT2D eigenvalue weighted by Gasteiger charge is -2.26. The van der Waals surface area contributed by atoms with Crippen molar-refractivity contribution < 1.29 is 4.79 Å². The number of nitrogens with zero attached hydrogens (tertiary/aromatic N) is 2. The van der Waals surface area contributed by atoms with Crippen LogP contribution in [0.3, 0.4) is 0 Å². The van der Waals surface area contributed by atoms with Gasteiger partial charge in [-0.2, -0.15) is 0 Å². The fourth-order valence-electron chi connectivity index (χ4n) is 2.91. The van der Waals surface area contributed by atoms with Crippen LogP contribution in [-0.2, 0) is 0 Å². The summed E-state index contributed by atoms with van der Waals surface area (Å²) >= 11 is 8.65. The summed E-state index contributed by atoms with van der Waals surface area (Å²) in [7, 11) is 0. The number of fused-ring (bicyclic) bond motifs is 1. The Kier molecular flexibility index (Phi) is 6.14. The van der Waals surface area contributed by atoms with Gasteiger partial charge in [0.15, 0.2) is 0 Å². The maximum atomic E-state index is 13.1. The molecule has 0 radical (unpaired) electrons. The van der Waals surface area contributed by atoms with Gasteiger partial charge in [-0.25, -0.2) is 4.98 Å². The largest absolute Gasteiger partial charge is 0.325 e. The van der Waals surface area contributed by atoms with Crippen LogP contribution in [0.5, 0.6) is 0 Å². The number of alkyl halides is 1. The zero-order valence-electron chi connectivity index (χ0n) is 14.7. The van der Waals surface area contributed by atoms with E-state index in [1.54, 1.807) is 0 Å². The summed E-state index contributed by atoms with van der Waals surface area (Å²) in [5, 5.41) is 2.60. The van der Waals surface area contributed by atoms with Gasteiger partial charge in [-0.1, -0.05) is 83.6 Å². The lowest BCUT2D eigenvalue weighted by Crippen LogP contribution is -2.37. The van der Waals surface area contributed by atoms with Crippen molar-refractivity contribution in [3.05, 3.63) is 65.3 Å². The lowest BCUT2D eigenvalue weighted by molar-refractivity contribution is 0.0729. The number of pyridine rings is 1. The third-order valence-corrected chi connectivity index (χ3v) is 5.67. The molecule has 5 heteroatoms. The lowest BCUT2D eigenvalue weighted by atomic mass is 10.0. The molecule has 1 amide bonds. The van der Waals surface area contributed by atoms with E-state index in [-0.39, 0.29) is 11.9 Å². The van der Waals surface area contributed by atoms with Gasteiger partial charge in [-0.3, -0.25) is 4.79 Å². The van der Waals surface area contributed by atoms with Crippen molar-refractivity contribution in [3.63, 3.8) is 0 Å². The third-order valence-electron chi connectivity index (χ3n) is 4.60. The van der Waals surface area contributed by atoms with Crippen molar-refractivity contribution in [1.29, 1.82) is 0 Å². The smallest absolute Gasteiger partial charge is 0.273 e.